The van der Waals surface area contributed by atoms with E-state index in [4.69, 9.17) is 14.2 Å². The zero-order valence-corrected chi connectivity index (χ0v) is 20.3. The molecule has 2 aliphatic carbocycles. The van der Waals surface area contributed by atoms with Gasteiger partial charge in [0.1, 0.15) is 0 Å². The molecule has 5 heteroatoms. The fourth-order valence-corrected chi connectivity index (χ4v) is 7.27. The molecule has 2 saturated carbocycles. The summed E-state index contributed by atoms with van der Waals surface area (Å²) in [7, 11) is 0. The molecule has 34 heavy (non-hydrogen) atoms. The van der Waals surface area contributed by atoms with Crippen LogP contribution >= 0.6 is 0 Å². The predicted octanol–water partition coefficient (Wildman–Crippen LogP) is 4.56. The molecule has 0 spiro atoms. The lowest BCUT2D eigenvalue weighted by Crippen LogP contribution is -2.61. The number of benzene rings is 2. The van der Waals surface area contributed by atoms with Crippen LogP contribution in [0.15, 0.2) is 60.7 Å². The number of hydrogen-bond donors (Lipinski definition) is 2. The summed E-state index contributed by atoms with van der Waals surface area (Å²) in [5, 5.41) is 21.7. The molecular weight excluding hydrogens is 428 g/mol. The Balaban J connectivity index is 1.39. The highest BCUT2D eigenvalue weighted by molar-refractivity contribution is 5.18. The second-order valence-corrected chi connectivity index (χ2v) is 11.1. The van der Waals surface area contributed by atoms with Gasteiger partial charge < -0.3 is 24.4 Å². The van der Waals surface area contributed by atoms with Crippen molar-refractivity contribution in [2.75, 3.05) is 13.2 Å². The Kier molecular flexibility index (Phi) is 6.84. The number of hydrogen-bond acceptors (Lipinski definition) is 5. The second-order valence-electron chi connectivity index (χ2n) is 11.1. The highest BCUT2D eigenvalue weighted by atomic mass is 16.6. The molecule has 5 rings (SSSR count). The van der Waals surface area contributed by atoms with Crippen LogP contribution in [0.5, 0.6) is 0 Å². The van der Waals surface area contributed by atoms with Crippen LogP contribution in [0.25, 0.3) is 0 Å². The monoisotopic (exact) mass is 466 g/mol. The fraction of sp³-hybridized carbons (Fsp3) is 0.586. The van der Waals surface area contributed by atoms with Gasteiger partial charge in [-0.2, -0.15) is 0 Å². The minimum Gasteiger partial charge on any atom is -0.393 e. The minimum absolute atomic E-state index is 0.0882. The van der Waals surface area contributed by atoms with E-state index in [2.05, 4.69) is 38.1 Å². The van der Waals surface area contributed by atoms with Gasteiger partial charge in [0.05, 0.1) is 38.6 Å². The van der Waals surface area contributed by atoms with Gasteiger partial charge in [-0.05, 0) is 47.1 Å². The maximum absolute atomic E-state index is 11.1. The van der Waals surface area contributed by atoms with Crippen LogP contribution in [0.4, 0.5) is 0 Å². The summed E-state index contributed by atoms with van der Waals surface area (Å²) in [6.45, 7) is 6.68. The van der Waals surface area contributed by atoms with Crippen molar-refractivity contribution in [3.63, 3.8) is 0 Å². The van der Waals surface area contributed by atoms with Crippen LogP contribution in [0.1, 0.15) is 44.2 Å². The Morgan fingerprint density at radius 1 is 0.882 bits per heavy atom. The molecule has 5 nitrogen and oxygen atoms in total. The van der Waals surface area contributed by atoms with E-state index in [9.17, 15) is 10.2 Å². The van der Waals surface area contributed by atoms with Gasteiger partial charge in [0, 0.05) is 11.8 Å². The van der Waals surface area contributed by atoms with Crippen molar-refractivity contribution in [1.29, 1.82) is 0 Å². The maximum atomic E-state index is 11.1. The molecule has 184 valence electrons. The lowest BCUT2D eigenvalue weighted by Gasteiger charge is -2.57. The van der Waals surface area contributed by atoms with Crippen molar-refractivity contribution >= 4 is 0 Å². The van der Waals surface area contributed by atoms with Gasteiger partial charge in [0.25, 0.3) is 0 Å². The molecular formula is C29H38O5. The zero-order valence-electron chi connectivity index (χ0n) is 20.3. The van der Waals surface area contributed by atoms with Gasteiger partial charge in [-0.3, -0.25) is 0 Å². The van der Waals surface area contributed by atoms with Crippen molar-refractivity contribution in [3.8, 4) is 0 Å². The molecule has 1 saturated heterocycles. The quantitative estimate of drug-likeness (QED) is 0.597. The van der Waals surface area contributed by atoms with E-state index >= 15 is 0 Å². The third-order valence-corrected chi connectivity index (χ3v) is 8.93. The minimum atomic E-state index is -0.793. The second kappa shape index (κ2) is 9.71. The summed E-state index contributed by atoms with van der Waals surface area (Å²) < 4.78 is 18.9. The molecule has 2 aromatic rings. The number of ether oxygens (including phenoxy) is 3. The van der Waals surface area contributed by atoms with Crippen LogP contribution in [0.3, 0.4) is 0 Å². The number of aliphatic hydroxyl groups excluding tert-OH is 2. The summed E-state index contributed by atoms with van der Waals surface area (Å²) in [4.78, 5) is 0. The first-order chi connectivity index (χ1) is 16.4. The first kappa shape index (κ1) is 24.0. The van der Waals surface area contributed by atoms with Gasteiger partial charge in [-0.15, -0.1) is 0 Å². The van der Waals surface area contributed by atoms with E-state index in [0.717, 1.165) is 17.5 Å². The average molecular weight is 467 g/mol. The predicted molar refractivity (Wildman–Crippen MR) is 130 cm³/mol. The van der Waals surface area contributed by atoms with Gasteiger partial charge in [0.15, 0.2) is 6.29 Å². The van der Waals surface area contributed by atoms with Crippen molar-refractivity contribution in [2.45, 2.75) is 64.8 Å². The van der Waals surface area contributed by atoms with E-state index in [1.807, 2.05) is 36.4 Å². The molecule has 0 unspecified atom stereocenters. The molecule has 1 aliphatic heterocycles. The van der Waals surface area contributed by atoms with Crippen LogP contribution in [0.2, 0.25) is 0 Å². The Morgan fingerprint density at radius 3 is 2.09 bits per heavy atom. The Bertz CT molecular complexity index is 936. The lowest BCUT2D eigenvalue weighted by molar-refractivity contribution is -0.270. The fourth-order valence-electron chi connectivity index (χ4n) is 7.27. The SMILES string of the molecule is C[C@H]1[C@H](O)C[C@@H]2[C@@](C)(COCc3ccccc3)C[C@H]3O[C@H](O)C[C@@H]1[C@@]23COCc1ccccc1. The van der Waals surface area contributed by atoms with Gasteiger partial charge >= 0.3 is 0 Å². The summed E-state index contributed by atoms with van der Waals surface area (Å²) in [5.41, 5.74) is 1.90. The van der Waals surface area contributed by atoms with Gasteiger partial charge in [-0.25, -0.2) is 0 Å². The van der Waals surface area contributed by atoms with Crippen LogP contribution in [0, 0.1) is 28.6 Å². The molecule has 0 aromatic heterocycles. The first-order valence-electron chi connectivity index (χ1n) is 12.7. The van der Waals surface area contributed by atoms with Crippen molar-refractivity contribution in [3.05, 3.63) is 71.8 Å². The molecule has 0 amide bonds. The third kappa shape index (κ3) is 4.33. The van der Waals surface area contributed by atoms with Crippen LogP contribution in [-0.4, -0.2) is 41.9 Å². The Hall–Kier alpha value is -1.76. The number of rotatable bonds is 8. The zero-order chi connectivity index (χ0) is 23.8. The summed E-state index contributed by atoms with van der Waals surface area (Å²) in [6, 6.07) is 20.5. The third-order valence-electron chi connectivity index (χ3n) is 8.93. The number of aliphatic hydroxyl groups is 2. The average Bonchev–Trinajstić information content (AvgIpc) is 3.06. The molecule has 3 fully saturated rings. The lowest BCUT2D eigenvalue weighted by atomic mass is 9.52. The highest BCUT2D eigenvalue weighted by Crippen LogP contribution is 2.67. The topological polar surface area (TPSA) is 68.2 Å². The summed E-state index contributed by atoms with van der Waals surface area (Å²) in [5.74, 6) is 0.423. The molecule has 3 aliphatic rings. The highest BCUT2D eigenvalue weighted by Gasteiger charge is 2.69. The van der Waals surface area contributed by atoms with E-state index in [-0.39, 0.29) is 34.7 Å². The molecule has 2 N–H and O–H groups in total. The normalized spacial score (nSPS) is 39.1. The van der Waals surface area contributed by atoms with Gasteiger partial charge in [-0.1, -0.05) is 74.5 Å². The van der Waals surface area contributed by atoms with Crippen molar-refractivity contribution in [1.82, 2.24) is 0 Å². The van der Waals surface area contributed by atoms with Crippen LogP contribution < -0.4 is 0 Å². The maximum Gasteiger partial charge on any atom is 0.155 e. The first-order valence-corrected chi connectivity index (χ1v) is 12.7. The smallest absolute Gasteiger partial charge is 0.155 e. The summed E-state index contributed by atoms with van der Waals surface area (Å²) in [6.07, 6.45) is 0.762. The van der Waals surface area contributed by atoms with E-state index in [1.165, 1.54) is 0 Å². The van der Waals surface area contributed by atoms with Crippen molar-refractivity contribution < 1.29 is 24.4 Å². The van der Waals surface area contributed by atoms with Crippen molar-refractivity contribution in [2.24, 2.45) is 28.6 Å². The Morgan fingerprint density at radius 2 is 1.47 bits per heavy atom. The largest absolute Gasteiger partial charge is 0.393 e. The van der Waals surface area contributed by atoms with Gasteiger partial charge in [0.2, 0.25) is 0 Å². The molecule has 0 bridgehead atoms. The summed E-state index contributed by atoms with van der Waals surface area (Å²) >= 11 is 0. The van der Waals surface area contributed by atoms with E-state index in [1.54, 1.807) is 0 Å². The van der Waals surface area contributed by atoms with Crippen LogP contribution in [-0.2, 0) is 27.4 Å². The van der Waals surface area contributed by atoms with E-state index in [0.29, 0.717) is 39.3 Å². The standard InChI is InChI=1S/C29H38O5/c1-20-23-13-27(31)34-26-15-28(2,18-32-16-21-9-5-3-6-10-21)25(14-24(20)30)29(23,26)19-33-17-22-11-7-4-8-12-22/h3-12,20,23-27,30-31H,13-19H2,1-2H3/t20-,23+,24-,25-,26-,27+,28-,29+/m1/s1. The molecule has 2 aromatic carbocycles. The Labute approximate surface area is 203 Å². The van der Waals surface area contributed by atoms with E-state index < -0.39 is 12.4 Å². The molecule has 8 atom stereocenters. The molecule has 1 heterocycles. The molecule has 0 radical (unpaired) electrons.